The van der Waals surface area contributed by atoms with Gasteiger partial charge in [-0.3, -0.25) is 4.79 Å². The first-order chi connectivity index (χ1) is 9.65. The third-order valence-corrected chi connectivity index (χ3v) is 3.01. The fourth-order valence-corrected chi connectivity index (χ4v) is 2.16. The summed E-state index contributed by atoms with van der Waals surface area (Å²) < 4.78 is 7.33. The molecular weight excluding hydrogens is 256 g/mol. The molecule has 0 fully saturated rings. The first-order valence-corrected chi connectivity index (χ1v) is 6.65. The molecular formula is C15H18N2O3. The van der Waals surface area contributed by atoms with E-state index in [1.807, 2.05) is 42.7 Å². The zero-order valence-electron chi connectivity index (χ0n) is 11.7. The number of benzene rings is 1. The SMILES string of the molecule is CCOc1ccc(-c2ncc(CC(=O)O)n2CC)cc1. The Kier molecular flexibility index (Phi) is 4.40. The number of hydrogen-bond donors (Lipinski definition) is 1. The molecule has 0 aliphatic heterocycles. The van der Waals surface area contributed by atoms with Crippen LogP contribution in [0.2, 0.25) is 0 Å². The van der Waals surface area contributed by atoms with Crippen molar-refractivity contribution in [2.75, 3.05) is 6.61 Å². The number of ether oxygens (including phenoxy) is 1. The molecule has 1 aromatic carbocycles. The lowest BCUT2D eigenvalue weighted by Gasteiger charge is -2.09. The average Bonchev–Trinajstić information content (AvgIpc) is 2.82. The van der Waals surface area contributed by atoms with Crippen molar-refractivity contribution < 1.29 is 14.6 Å². The molecule has 1 N–H and O–H groups in total. The van der Waals surface area contributed by atoms with Gasteiger partial charge in [0.15, 0.2) is 0 Å². The zero-order chi connectivity index (χ0) is 14.5. The summed E-state index contributed by atoms with van der Waals surface area (Å²) >= 11 is 0. The quantitative estimate of drug-likeness (QED) is 0.879. The Hall–Kier alpha value is -2.30. The van der Waals surface area contributed by atoms with E-state index in [0.29, 0.717) is 18.8 Å². The number of carbonyl (C=O) groups is 1. The number of aliphatic carboxylic acids is 1. The Labute approximate surface area is 117 Å². The van der Waals surface area contributed by atoms with Crippen LogP contribution in [0.3, 0.4) is 0 Å². The van der Waals surface area contributed by atoms with Gasteiger partial charge in [0.1, 0.15) is 11.6 Å². The van der Waals surface area contributed by atoms with E-state index in [0.717, 1.165) is 17.1 Å². The van der Waals surface area contributed by atoms with Crippen molar-refractivity contribution in [2.45, 2.75) is 26.8 Å². The van der Waals surface area contributed by atoms with Gasteiger partial charge in [0, 0.05) is 24.0 Å². The molecule has 5 nitrogen and oxygen atoms in total. The Morgan fingerprint density at radius 1 is 1.30 bits per heavy atom. The second-order valence-electron chi connectivity index (χ2n) is 4.35. The third kappa shape index (κ3) is 2.99. The predicted octanol–water partition coefficient (Wildman–Crippen LogP) is 2.60. The summed E-state index contributed by atoms with van der Waals surface area (Å²) in [6, 6.07) is 7.66. The smallest absolute Gasteiger partial charge is 0.309 e. The Bertz CT molecular complexity index is 588. The van der Waals surface area contributed by atoms with Crippen molar-refractivity contribution in [3.05, 3.63) is 36.2 Å². The first kappa shape index (κ1) is 14.1. The highest BCUT2D eigenvalue weighted by Gasteiger charge is 2.13. The molecule has 0 atom stereocenters. The van der Waals surface area contributed by atoms with Gasteiger partial charge in [-0.1, -0.05) is 0 Å². The van der Waals surface area contributed by atoms with Gasteiger partial charge in [-0.2, -0.15) is 0 Å². The van der Waals surface area contributed by atoms with E-state index < -0.39 is 5.97 Å². The molecule has 0 bridgehead atoms. The summed E-state index contributed by atoms with van der Waals surface area (Å²) in [6.45, 7) is 5.23. The lowest BCUT2D eigenvalue weighted by molar-refractivity contribution is -0.136. The molecule has 0 radical (unpaired) electrons. The van der Waals surface area contributed by atoms with Crippen molar-refractivity contribution in [1.29, 1.82) is 0 Å². The van der Waals surface area contributed by atoms with E-state index in [2.05, 4.69) is 4.98 Å². The van der Waals surface area contributed by atoms with Crippen LogP contribution in [0, 0.1) is 0 Å². The highest BCUT2D eigenvalue weighted by Crippen LogP contribution is 2.23. The summed E-state index contributed by atoms with van der Waals surface area (Å²) in [5.41, 5.74) is 1.66. The molecule has 106 valence electrons. The molecule has 0 saturated heterocycles. The topological polar surface area (TPSA) is 64.3 Å². The summed E-state index contributed by atoms with van der Waals surface area (Å²) in [7, 11) is 0. The molecule has 2 aromatic rings. The number of carboxylic acids is 1. The molecule has 0 amide bonds. The molecule has 5 heteroatoms. The molecule has 0 unspecified atom stereocenters. The number of nitrogens with zero attached hydrogens (tertiary/aromatic N) is 2. The van der Waals surface area contributed by atoms with Crippen molar-refractivity contribution in [2.24, 2.45) is 0 Å². The minimum atomic E-state index is -0.849. The second-order valence-corrected chi connectivity index (χ2v) is 4.35. The van der Waals surface area contributed by atoms with Crippen LogP contribution in [0.15, 0.2) is 30.5 Å². The number of hydrogen-bond acceptors (Lipinski definition) is 3. The van der Waals surface area contributed by atoms with E-state index in [1.54, 1.807) is 6.20 Å². The van der Waals surface area contributed by atoms with E-state index in [4.69, 9.17) is 9.84 Å². The van der Waals surface area contributed by atoms with E-state index >= 15 is 0 Å². The lowest BCUT2D eigenvalue weighted by Crippen LogP contribution is -2.08. The minimum Gasteiger partial charge on any atom is -0.494 e. The van der Waals surface area contributed by atoms with E-state index in [-0.39, 0.29) is 6.42 Å². The van der Waals surface area contributed by atoms with Gasteiger partial charge in [0.2, 0.25) is 0 Å². The van der Waals surface area contributed by atoms with Crippen LogP contribution in [0.25, 0.3) is 11.4 Å². The lowest BCUT2D eigenvalue weighted by atomic mass is 10.2. The number of rotatable bonds is 6. The summed E-state index contributed by atoms with van der Waals surface area (Å²) in [4.78, 5) is 15.2. The number of imidazole rings is 1. The fraction of sp³-hybridized carbons (Fsp3) is 0.333. The normalized spacial score (nSPS) is 10.5. The van der Waals surface area contributed by atoms with E-state index in [1.165, 1.54) is 0 Å². The average molecular weight is 274 g/mol. The van der Waals surface area contributed by atoms with Gasteiger partial charge in [-0.05, 0) is 38.1 Å². The van der Waals surface area contributed by atoms with Crippen molar-refractivity contribution in [3.63, 3.8) is 0 Å². The van der Waals surface area contributed by atoms with Gasteiger partial charge < -0.3 is 14.4 Å². The standard InChI is InChI=1S/C15H18N2O3/c1-3-17-12(9-14(18)19)10-16-15(17)11-5-7-13(8-6-11)20-4-2/h5-8,10H,3-4,9H2,1-2H3,(H,18,19). The van der Waals surface area contributed by atoms with Crippen LogP contribution < -0.4 is 4.74 Å². The Morgan fingerprint density at radius 3 is 2.55 bits per heavy atom. The maximum Gasteiger partial charge on any atom is 0.309 e. The highest BCUT2D eigenvalue weighted by atomic mass is 16.5. The van der Waals surface area contributed by atoms with Gasteiger partial charge >= 0.3 is 5.97 Å². The van der Waals surface area contributed by atoms with Crippen LogP contribution in [0.5, 0.6) is 5.75 Å². The van der Waals surface area contributed by atoms with Crippen LogP contribution in [-0.2, 0) is 17.8 Å². The Morgan fingerprint density at radius 2 is 2.00 bits per heavy atom. The van der Waals surface area contributed by atoms with Gasteiger partial charge in [-0.15, -0.1) is 0 Å². The zero-order valence-corrected chi connectivity index (χ0v) is 11.7. The van der Waals surface area contributed by atoms with Crippen LogP contribution >= 0.6 is 0 Å². The molecule has 20 heavy (non-hydrogen) atoms. The predicted molar refractivity (Wildman–Crippen MR) is 75.8 cm³/mol. The molecule has 1 heterocycles. The molecule has 0 aliphatic rings. The second kappa shape index (κ2) is 6.23. The van der Waals surface area contributed by atoms with Gasteiger partial charge in [0.05, 0.1) is 13.0 Å². The van der Waals surface area contributed by atoms with Gasteiger partial charge in [0.25, 0.3) is 0 Å². The number of aromatic nitrogens is 2. The fourth-order valence-electron chi connectivity index (χ4n) is 2.16. The van der Waals surface area contributed by atoms with Crippen LogP contribution in [0.4, 0.5) is 0 Å². The van der Waals surface area contributed by atoms with Crippen molar-refractivity contribution in [3.8, 4) is 17.1 Å². The summed E-state index contributed by atoms with van der Waals surface area (Å²) in [5, 5.41) is 8.90. The maximum atomic E-state index is 10.8. The summed E-state index contributed by atoms with van der Waals surface area (Å²) in [6.07, 6.45) is 1.61. The molecule has 0 aliphatic carbocycles. The van der Waals surface area contributed by atoms with Crippen LogP contribution in [-0.4, -0.2) is 27.2 Å². The summed E-state index contributed by atoms with van der Waals surface area (Å²) in [5.74, 6) is 0.751. The van der Waals surface area contributed by atoms with E-state index in [9.17, 15) is 4.79 Å². The Balaban J connectivity index is 2.32. The number of carboxylic acid groups (broad SMARTS) is 1. The molecule has 1 aromatic heterocycles. The maximum absolute atomic E-state index is 10.8. The highest BCUT2D eigenvalue weighted by molar-refractivity contribution is 5.70. The van der Waals surface area contributed by atoms with Crippen molar-refractivity contribution >= 4 is 5.97 Å². The molecule has 0 saturated carbocycles. The minimum absolute atomic E-state index is 0.0160. The largest absolute Gasteiger partial charge is 0.494 e. The van der Waals surface area contributed by atoms with Crippen molar-refractivity contribution in [1.82, 2.24) is 9.55 Å². The van der Waals surface area contributed by atoms with Crippen LogP contribution in [0.1, 0.15) is 19.5 Å². The monoisotopic (exact) mass is 274 g/mol. The molecule has 0 spiro atoms. The first-order valence-electron chi connectivity index (χ1n) is 6.65. The molecule has 2 rings (SSSR count). The third-order valence-electron chi connectivity index (χ3n) is 3.01. The van der Waals surface area contributed by atoms with Gasteiger partial charge in [-0.25, -0.2) is 4.98 Å².